The maximum Gasteiger partial charge on any atom is 0.337 e. The number of carboxylic acids is 1. The second-order valence-corrected chi connectivity index (χ2v) is 5.87. The van der Waals surface area contributed by atoms with E-state index in [-0.39, 0.29) is 17.5 Å². The van der Waals surface area contributed by atoms with Gasteiger partial charge in [-0.15, -0.1) is 0 Å². The van der Waals surface area contributed by atoms with Crippen molar-refractivity contribution in [2.45, 2.75) is 12.5 Å². The van der Waals surface area contributed by atoms with Gasteiger partial charge in [-0.2, -0.15) is 0 Å². The molecule has 7 heteroatoms. The van der Waals surface area contributed by atoms with Gasteiger partial charge in [0.1, 0.15) is 5.82 Å². The number of carbonyl (C=O) groups is 1. The van der Waals surface area contributed by atoms with Gasteiger partial charge in [0.25, 0.3) is 0 Å². The van der Waals surface area contributed by atoms with Crippen molar-refractivity contribution in [2.75, 3.05) is 18.5 Å². The first-order chi connectivity index (χ1) is 11.1. The zero-order chi connectivity index (χ0) is 16.2. The normalized spacial score (nSPS) is 20.4. The third kappa shape index (κ3) is 3.78. The summed E-state index contributed by atoms with van der Waals surface area (Å²) >= 11 is 6.12. The van der Waals surface area contributed by atoms with Gasteiger partial charge in [0.15, 0.2) is 0 Å². The minimum atomic E-state index is -1.05. The summed E-state index contributed by atoms with van der Waals surface area (Å²) in [4.78, 5) is 19.1. The van der Waals surface area contributed by atoms with Crippen LogP contribution in [0.4, 0.5) is 5.82 Å². The molecule has 3 heterocycles. The molecule has 1 saturated heterocycles. The van der Waals surface area contributed by atoms with Crippen LogP contribution in [-0.4, -0.2) is 40.3 Å². The minimum absolute atomic E-state index is 0.0663. The number of halogens is 1. The highest BCUT2D eigenvalue weighted by atomic mass is 35.5. The van der Waals surface area contributed by atoms with Gasteiger partial charge in [-0.3, -0.25) is 4.98 Å². The van der Waals surface area contributed by atoms with Crippen molar-refractivity contribution in [3.63, 3.8) is 0 Å². The average Bonchev–Trinajstić information content (AvgIpc) is 2.97. The predicted octanol–water partition coefficient (Wildman–Crippen LogP) is 2.50. The molecule has 3 rings (SSSR count). The summed E-state index contributed by atoms with van der Waals surface area (Å²) in [6.45, 7) is 1.22. The Bertz CT molecular complexity index is 696. The van der Waals surface area contributed by atoms with E-state index in [0.29, 0.717) is 24.1 Å². The highest BCUT2D eigenvalue weighted by molar-refractivity contribution is 6.33. The molecule has 1 aliphatic heterocycles. The lowest BCUT2D eigenvalue weighted by atomic mass is 9.95. The van der Waals surface area contributed by atoms with Gasteiger partial charge in [0.05, 0.1) is 29.8 Å². The molecule has 1 fully saturated rings. The molecular weight excluding hydrogens is 318 g/mol. The van der Waals surface area contributed by atoms with Crippen LogP contribution in [0.1, 0.15) is 15.9 Å². The zero-order valence-electron chi connectivity index (χ0n) is 12.3. The van der Waals surface area contributed by atoms with Crippen LogP contribution >= 0.6 is 11.6 Å². The Balaban J connectivity index is 1.70. The van der Waals surface area contributed by atoms with Crippen LogP contribution in [0, 0.1) is 5.92 Å². The van der Waals surface area contributed by atoms with E-state index >= 15 is 0 Å². The number of aromatic nitrogens is 2. The van der Waals surface area contributed by atoms with Gasteiger partial charge in [-0.25, -0.2) is 9.78 Å². The first-order valence-electron chi connectivity index (χ1n) is 7.25. The Labute approximate surface area is 138 Å². The predicted molar refractivity (Wildman–Crippen MR) is 85.9 cm³/mol. The molecule has 0 aromatic carbocycles. The number of anilines is 1. The van der Waals surface area contributed by atoms with Crippen LogP contribution in [0.2, 0.25) is 5.02 Å². The number of pyridine rings is 2. The number of nitrogens with one attached hydrogen (secondary N) is 1. The van der Waals surface area contributed by atoms with Crippen molar-refractivity contribution in [2.24, 2.45) is 5.92 Å². The second-order valence-electron chi connectivity index (χ2n) is 5.47. The van der Waals surface area contributed by atoms with Gasteiger partial charge in [0.2, 0.25) is 0 Å². The maximum atomic E-state index is 10.9. The van der Waals surface area contributed by atoms with Crippen molar-refractivity contribution < 1.29 is 14.6 Å². The van der Waals surface area contributed by atoms with E-state index in [1.807, 2.05) is 12.1 Å². The third-order valence-electron chi connectivity index (χ3n) is 3.86. The van der Waals surface area contributed by atoms with Crippen molar-refractivity contribution in [1.82, 2.24) is 9.97 Å². The quantitative estimate of drug-likeness (QED) is 0.874. The lowest BCUT2D eigenvalue weighted by molar-refractivity contribution is 0.0696. The van der Waals surface area contributed by atoms with E-state index in [1.54, 1.807) is 12.4 Å². The zero-order valence-corrected chi connectivity index (χ0v) is 13.0. The summed E-state index contributed by atoms with van der Waals surface area (Å²) in [7, 11) is 0. The fourth-order valence-electron chi connectivity index (χ4n) is 2.62. The first-order valence-corrected chi connectivity index (χ1v) is 7.63. The molecule has 0 unspecified atom stereocenters. The third-order valence-corrected chi connectivity index (χ3v) is 4.14. The molecule has 0 amide bonds. The van der Waals surface area contributed by atoms with Crippen LogP contribution in [0.5, 0.6) is 0 Å². The molecule has 0 aliphatic carbocycles. The Morgan fingerprint density at radius 1 is 1.39 bits per heavy atom. The smallest absolute Gasteiger partial charge is 0.337 e. The Morgan fingerprint density at radius 3 is 2.87 bits per heavy atom. The number of aromatic carboxylic acids is 1. The highest BCUT2D eigenvalue weighted by Gasteiger charge is 2.29. The SMILES string of the molecule is O=C(O)c1cnc(N[C@@H]2COC[C@H]2Cc2ccncc2)c(Cl)c1. The van der Waals surface area contributed by atoms with Crippen LogP contribution < -0.4 is 5.32 Å². The molecular formula is C16H16ClN3O3. The van der Waals surface area contributed by atoms with Crippen LogP contribution in [0.3, 0.4) is 0 Å². The lowest BCUT2D eigenvalue weighted by Gasteiger charge is -2.20. The van der Waals surface area contributed by atoms with Crippen molar-refractivity contribution in [3.05, 3.63) is 52.9 Å². The molecule has 23 heavy (non-hydrogen) atoms. The summed E-state index contributed by atoms with van der Waals surface area (Å²) in [5, 5.41) is 12.5. The first kappa shape index (κ1) is 15.7. The molecule has 2 N–H and O–H groups in total. The minimum Gasteiger partial charge on any atom is -0.478 e. The Morgan fingerprint density at radius 2 is 2.17 bits per heavy atom. The summed E-state index contributed by atoms with van der Waals surface area (Å²) in [5.41, 5.74) is 1.26. The topological polar surface area (TPSA) is 84.3 Å². The summed E-state index contributed by atoms with van der Waals surface area (Å²) < 4.78 is 5.57. The van der Waals surface area contributed by atoms with Crippen LogP contribution in [0.25, 0.3) is 0 Å². The monoisotopic (exact) mass is 333 g/mol. The summed E-state index contributed by atoms with van der Waals surface area (Å²) in [6, 6.07) is 5.45. The molecule has 1 aliphatic rings. The molecule has 0 bridgehead atoms. The summed E-state index contributed by atoms with van der Waals surface area (Å²) in [6.07, 6.45) is 5.71. The van der Waals surface area contributed by atoms with E-state index in [2.05, 4.69) is 15.3 Å². The fourth-order valence-corrected chi connectivity index (χ4v) is 2.84. The number of carboxylic acid groups (broad SMARTS) is 1. The molecule has 2 aromatic heterocycles. The van der Waals surface area contributed by atoms with Crippen LogP contribution in [-0.2, 0) is 11.2 Å². The van der Waals surface area contributed by atoms with E-state index < -0.39 is 5.97 Å². The molecule has 2 atom stereocenters. The Kier molecular flexibility index (Phi) is 4.73. The standard InChI is InChI=1S/C16H16ClN3O3/c17-13-6-11(16(21)22)7-19-15(13)20-14-9-23-8-12(14)5-10-1-3-18-4-2-10/h1-4,6-7,12,14H,5,8-9H2,(H,19,20)(H,21,22)/t12-,14-/m1/s1. The second kappa shape index (κ2) is 6.93. The molecule has 0 saturated carbocycles. The number of ether oxygens (including phenoxy) is 1. The van der Waals surface area contributed by atoms with E-state index in [0.717, 1.165) is 6.42 Å². The van der Waals surface area contributed by atoms with E-state index in [4.69, 9.17) is 21.4 Å². The van der Waals surface area contributed by atoms with Crippen molar-refractivity contribution >= 4 is 23.4 Å². The van der Waals surface area contributed by atoms with Gasteiger partial charge in [-0.05, 0) is 30.2 Å². The maximum absolute atomic E-state index is 10.9. The molecule has 6 nitrogen and oxygen atoms in total. The highest BCUT2D eigenvalue weighted by Crippen LogP contribution is 2.26. The molecule has 0 radical (unpaired) electrons. The number of rotatable bonds is 5. The van der Waals surface area contributed by atoms with E-state index in [1.165, 1.54) is 17.8 Å². The number of hydrogen-bond donors (Lipinski definition) is 2. The van der Waals surface area contributed by atoms with Crippen molar-refractivity contribution in [3.8, 4) is 0 Å². The van der Waals surface area contributed by atoms with Gasteiger partial charge < -0.3 is 15.2 Å². The van der Waals surface area contributed by atoms with Gasteiger partial charge in [0, 0.05) is 24.5 Å². The fraction of sp³-hybridized carbons (Fsp3) is 0.312. The number of nitrogens with zero attached hydrogens (tertiary/aromatic N) is 2. The lowest BCUT2D eigenvalue weighted by Crippen LogP contribution is -2.29. The molecule has 0 spiro atoms. The largest absolute Gasteiger partial charge is 0.478 e. The van der Waals surface area contributed by atoms with Crippen LogP contribution in [0.15, 0.2) is 36.8 Å². The van der Waals surface area contributed by atoms with E-state index in [9.17, 15) is 4.79 Å². The summed E-state index contributed by atoms with van der Waals surface area (Å²) in [5.74, 6) is -0.285. The molecule has 120 valence electrons. The Hall–Kier alpha value is -2.18. The molecule has 2 aromatic rings. The van der Waals surface area contributed by atoms with Gasteiger partial charge in [-0.1, -0.05) is 11.6 Å². The van der Waals surface area contributed by atoms with Crippen molar-refractivity contribution in [1.29, 1.82) is 0 Å². The average molecular weight is 334 g/mol. The number of hydrogen-bond acceptors (Lipinski definition) is 5. The van der Waals surface area contributed by atoms with Gasteiger partial charge >= 0.3 is 5.97 Å².